The molecule has 0 radical (unpaired) electrons. The van der Waals surface area contributed by atoms with Gasteiger partial charge in [-0.05, 0) is 71.5 Å². The van der Waals surface area contributed by atoms with Gasteiger partial charge in [0.2, 0.25) is 5.95 Å². The highest BCUT2D eigenvalue weighted by Gasteiger charge is 2.20. The Bertz CT molecular complexity index is 1540. The maximum absolute atomic E-state index is 13.8. The third-order valence-corrected chi connectivity index (χ3v) is 6.69. The zero-order valence-electron chi connectivity index (χ0n) is 21.3. The zero-order chi connectivity index (χ0) is 26.6. The van der Waals surface area contributed by atoms with Crippen molar-refractivity contribution in [3.8, 4) is 11.1 Å². The highest BCUT2D eigenvalue weighted by Crippen LogP contribution is 2.26. The molecule has 0 amide bonds. The predicted molar refractivity (Wildman–Crippen MR) is 149 cm³/mol. The minimum Gasteiger partial charge on any atom is -0.480 e. The third-order valence-electron chi connectivity index (χ3n) is 6.69. The molecule has 0 saturated carbocycles. The number of aromatic nitrogens is 3. The van der Waals surface area contributed by atoms with Crippen LogP contribution in [0.5, 0.6) is 0 Å². The van der Waals surface area contributed by atoms with Gasteiger partial charge in [-0.25, -0.2) is 14.2 Å². The number of carboxylic acid groups (broad SMARTS) is 1. The van der Waals surface area contributed by atoms with Crippen molar-refractivity contribution < 1.29 is 14.3 Å². The van der Waals surface area contributed by atoms with Gasteiger partial charge in [0.25, 0.3) is 0 Å². The van der Waals surface area contributed by atoms with Gasteiger partial charge in [-0.3, -0.25) is 0 Å². The first kappa shape index (κ1) is 25.1. The number of hydrogen-bond acceptors (Lipinski definition) is 4. The summed E-state index contributed by atoms with van der Waals surface area (Å²) in [6, 6.07) is 19.9. The molecule has 5 N–H and O–H groups in total. The summed E-state index contributed by atoms with van der Waals surface area (Å²) >= 11 is 0. The van der Waals surface area contributed by atoms with Gasteiger partial charge in [-0.15, -0.1) is 0 Å². The molecule has 0 spiro atoms. The number of hydrogen-bond donors (Lipinski definition) is 5. The highest BCUT2D eigenvalue weighted by atomic mass is 19.1. The van der Waals surface area contributed by atoms with Crippen LogP contribution in [-0.2, 0) is 24.2 Å². The maximum Gasteiger partial charge on any atom is 0.326 e. The number of rotatable bonds is 10. The van der Waals surface area contributed by atoms with Gasteiger partial charge in [0.15, 0.2) is 0 Å². The number of imidazole rings is 1. The van der Waals surface area contributed by atoms with E-state index in [2.05, 4.69) is 31.7 Å². The number of H-pyrrole nitrogens is 2. The summed E-state index contributed by atoms with van der Waals surface area (Å²) in [7, 11) is 0. The molecule has 7 nitrogen and oxygen atoms in total. The number of carbonyl (C=O) groups is 1. The molecule has 2 aromatic heterocycles. The standard InChI is InChI=1S/C30H30FN5O2/c1-3-20-14-23(31)12-18(2)28(20)34-27(29(37)38)13-19-8-10-21(11-9-19)22-15-24(32-16-22)17-33-30-35-25-6-4-5-7-26(25)36-30/h4-12,14-16,27,32,34H,3,13,17H2,1-2H3,(H,37,38)(H2,33,35,36). The van der Waals surface area contributed by atoms with Gasteiger partial charge < -0.3 is 25.7 Å². The van der Waals surface area contributed by atoms with Gasteiger partial charge in [-0.1, -0.05) is 43.3 Å². The maximum atomic E-state index is 13.8. The Morgan fingerprint density at radius 1 is 1.08 bits per heavy atom. The minimum atomic E-state index is -0.952. The van der Waals surface area contributed by atoms with E-state index in [1.807, 2.05) is 61.7 Å². The van der Waals surface area contributed by atoms with E-state index in [4.69, 9.17) is 0 Å². The third kappa shape index (κ3) is 5.54. The van der Waals surface area contributed by atoms with Crippen LogP contribution in [0.4, 0.5) is 16.0 Å². The van der Waals surface area contributed by atoms with Crippen LogP contribution in [0.25, 0.3) is 22.2 Å². The fourth-order valence-corrected chi connectivity index (χ4v) is 4.67. The summed E-state index contributed by atoms with van der Waals surface area (Å²) in [5.74, 6) is -0.548. The molecule has 5 rings (SSSR count). The molecule has 0 aliphatic heterocycles. The number of halogens is 1. The molecule has 0 aliphatic rings. The molecule has 0 fully saturated rings. The van der Waals surface area contributed by atoms with E-state index in [0.29, 0.717) is 30.6 Å². The van der Waals surface area contributed by atoms with Gasteiger partial charge in [0.05, 0.1) is 17.6 Å². The van der Waals surface area contributed by atoms with Crippen LogP contribution in [0.3, 0.4) is 0 Å². The van der Waals surface area contributed by atoms with Crippen LogP contribution in [0.1, 0.15) is 29.3 Å². The fourth-order valence-electron chi connectivity index (χ4n) is 4.67. The number of benzene rings is 3. The Morgan fingerprint density at radius 3 is 2.61 bits per heavy atom. The zero-order valence-corrected chi connectivity index (χ0v) is 21.3. The molecule has 38 heavy (non-hydrogen) atoms. The van der Waals surface area contributed by atoms with Crippen LogP contribution in [-0.4, -0.2) is 32.1 Å². The number of fused-ring (bicyclic) bond motifs is 1. The Morgan fingerprint density at radius 2 is 1.87 bits per heavy atom. The average Bonchev–Trinajstić information content (AvgIpc) is 3.55. The van der Waals surface area contributed by atoms with Crippen molar-refractivity contribution in [3.63, 3.8) is 0 Å². The van der Waals surface area contributed by atoms with Crippen molar-refractivity contribution in [3.05, 3.63) is 101 Å². The number of para-hydroxylation sites is 2. The summed E-state index contributed by atoms with van der Waals surface area (Å²) in [5, 5.41) is 16.3. The van der Waals surface area contributed by atoms with Crippen molar-refractivity contribution in [2.75, 3.05) is 10.6 Å². The number of aromatic amines is 2. The van der Waals surface area contributed by atoms with Crippen molar-refractivity contribution in [1.29, 1.82) is 0 Å². The van der Waals surface area contributed by atoms with Gasteiger partial charge in [-0.2, -0.15) is 0 Å². The number of nitrogens with one attached hydrogen (secondary N) is 4. The summed E-state index contributed by atoms with van der Waals surface area (Å²) in [6.07, 6.45) is 2.86. The topological polar surface area (TPSA) is 106 Å². The van der Waals surface area contributed by atoms with Crippen LogP contribution in [0, 0.1) is 12.7 Å². The van der Waals surface area contributed by atoms with Gasteiger partial charge in [0.1, 0.15) is 11.9 Å². The molecule has 0 saturated heterocycles. The monoisotopic (exact) mass is 511 g/mol. The summed E-state index contributed by atoms with van der Waals surface area (Å²) in [5.41, 5.74) is 8.04. The second kappa shape index (κ2) is 10.8. The SMILES string of the molecule is CCc1cc(F)cc(C)c1NC(Cc1ccc(-c2c[nH]c(CNc3nc4ccccc4[nH]3)c2)cc1)C(=O)O. The lowest BCUT2D eigenvalue weighted by Gasteiger charge is -2.20. The second-order valence-electron chi connectivity index (χ2n) is 9.42. The van der Waals surface area contributed by atoms with Gasteiger partial charge >= 0.3 is 5.97 Å². The molecule has 8 heteroatoms. The smallest absolute Gasteiger partial charge is 0.326 e. The molecule has 3 aromatic carbocycles. The molecule has 1 unspecified atom stereocenters. The largest absolute Gasteiger partial charge is 0.480 e. The first-order chi connectivity index (χ1) is 18.4. The van der Waals surface area contributed by atoms with Crippen LogP contribution >= 0.6 is 0 Å². The number of nitrogens with zero attached hydrogens (tertiary/aromatic N) is 1. The van der Waals surface area contributed by atoms with Crippen LogP contribution in [0.2, 0.25) is 0 Å². The van der Waals surface area contributed by atoms with E-state index in [-0.39, 0.29) is 5.82 Å². The van der Waals surface area contributed by atoms with E-state index in [1.54, 1.807) is 6.92 Å². The van der Waals surface area contributed by atoms with E-state index in [0.717, 1.165) is 44.9 Å². The number of aryl methyl sites for hydroxylation is 2. The first-order valence-electron chi connectivity index (χ1n) is 12.6. The first-order valence-corrected chi connectivity index (χ1v) is 12.6. The normalized spacial score (nSPS) is 12.0. The summed E-state index contributed by atoms with van der Waals surface area (Å²) in [4.78, 5) is 23.1. The number of aliphatic carboxylic acids is 1. The van der Waals surface area contributed by atoms with Crippen molar-refractivity contribution in [2.45, 2.75) is 39.3 Å². The number of anilines is 2. The lowest BCUT2D eigenvalue weighted by Crippen LogP contribution is -2.32. The van der Waals surface area contributed by atoms with E-state index < -0.39 is 12.0 Å². The summed E-state index contributed by atoms with van der Waals surface area (Å²) < 4.78 is 13.8. The molecule has 1 atom stereocenters. The molecule has 0 bridgehead atoms. The molecule has 5 aromatic rings. The Labute approximate surface area is 220 Å². The highest BCUT2D eigenvalue weighted by molar-refractivity contribution is 5.79. The Kier molecular flexibility index (Phi) is 7.13. The lowest BCUT2D eigenvalue weighted by molar-refractivity contribution is -0.137. The van der Waals surface area contributed by atoms with Crippen molar-refractivity contribution in [2.24, 2.45) is 0 Å². The van der Waals surface area contributed by atoms with Crippen molar-refractivity contribution in [1.82, 2.24) is 15.0 Å². The van der Waals surface area contributed by atoms with E-state index in [1.165, 1.54) is 12.1 Å². The molecule has 0 aliphatic carbocycles. The number of carboxylic acids is 1. The van der Waals surface area contributed by atoms with E-state index >= 15 is 0 Å². The predicted octanol–water partition coefficient (Wildman–Crippen LogP) is 6.29. The van der Waals surface area contributed by atoms with Crippen LogP contribution in [0.15, 0.2) is 72.9 Å². The minimum absolute atomic E-state index is 0.301. The Balaban J connectivity index is 1.24. The van der Waals surface area contributed by atoms with Crippen LogP contribution < -0.4 is 10.6 Å². The molecular weight excluding hydrogens is 481 g/mol. The second-order valence-corrected chi connectivity index (χ2v) is 9.42. The van der Waals surface area contributed by atoms with Crippen molar-refractivity contribution >= 4 is 28.6 Å². The average molecular weight is 512 g/mol. The summed E-state index contributed by atoms with van der Waals surface area (Å²) in [6.45, 7) is 4.30. The quantitative estimate of drug-likeness (QED) is 0.152. The lowest BCUT2D eigenvalue weighted by atomic mass is 10.00. The van der Waals surface area contributed by atoms with Gasteiger partial charge in [0, 0.05) is 24.0 Å². The molecule has 2 heterocycles. The fraction of sp³-hybridized carbons (Fsp3) is 0.200. The molecular formula is C30H30FN5O2. The molecule has 194 valence electrons. The van der Waals surface area contributed by atoms with E-state index in [9.17, 15) is 14.3 Å². The Hall–Kier alpha value is -4.59.